The summed E-state index contributed by atoms with van der Waals surface area (Å²) >= 11 is 3.27. The van der Waals surface area contributed by atoms with Crippen LogP contribution in [-0.4, -0.2) is 48.2 Å². The Balaban J connectivity index is 1.86. The lowest BCUT2D eigenvalue weighted by Crippen LogP contribution is -2.43. The van der Waals surface area contributed by atoms with Crippen molar-refractivity contribution in [3.05, 3.63) is 16.4 Å². The first-order valence-corrected chi connectivity index (χ1v) is 5.55. The molecule has 1 saturated heterocycles. The molecule has 2 heterocycles. The van der Waals surface area contributed by atoms with Gasteiger partial charge in [-0.25, -0.2) is 0 Å². The summed E-state index contributed by atoms with van der Waals surface area (Å²) in [6, 6.07) is 1.93. The van der Waals surface area contributed by atoms with Gasteiger partial charge in [-0.2, -0.15) is 0 Å². The molecule has 0 aromatic carbocycles. The molecule has 78 valence electrons. The van der Waals surface area contributed by atoms with E-state index >= 15 is 0 Å². The Hall–Kier alpha value is -0.390. The van der Waals surface area contributed by atoms with E-state index in [1.165, 1.54) is 0 Å². The highest BCUT2D eigenvalue weighted by Crippen LogP contribution is 2.12. The highest BCUT2D eigenvalue weighted by atomic mass is 79.9. The zero-order valence-corrected chi connectivity index (χ0v) is 9.83. The van der Waals surface area contributed by atoms with Crippen molar-refractivity contribution >= 4 is 15.9 Å². The SMILES string of the molecule is CN1CCN(Cc2cc(Br)no2)CC1. The fourth-order valence-electron chi connectivity index (χ4n) is 1.59. The molecular weight excluding hydrogens is 246 g/mol. The minimum atomic E-state index is 0.779. The lowest BCUT2D eigenvalue weighted by molar-refractivity contribution is 0.137. The molecule has 0 spiro atoms. The summed E-state index contributed by atoms with van der Waals surface area (Å²) < 4.78 is 5.92. The highest BCUT2D eigenvalue weighted by molar-refractivity contribution is 9.10. The van der Waals surface area contributed by atoms with Crippen LogP contribution in [0.25, 0.3) is 0 Å². The highest BCUT2D eigenvalue weighted by Gasteiger charge is 2.15. The minimum Gasteiger partial charge on any atom is -0.359 e. The molecule has 0 atom stereocenters. The Kier molecular flexibility index (Phi) is 3.20. The summed E-state index contributed by atoms with van der Waals surface area (Å²) in [5, 5.41) is 3.80. The maximum Gasteiger partial charge on any atom is 0.151 e. The van der Waals surface area contributed by atoms with Gasteiger partial charge in [0.25, 0.3) is 0 Å². The van der Waals surface area contributed by atoms with Crippen molar-refractivity contribution in [3.63, 3.8) is 0 Å². The Morgan fingerprint density at radius 3 is 2.71 bits per heavy atom. The predicted molar refractivity (Wildman–Crippen MR) is 57.0 cm³/mol. The fraction of sp³-hybridized carbons (Fsp3) is 0.667. The third kappa shape index (κ3) is 2.56. The molecule has 0 radical (unpaired) electrons. The monoisotopic (exact) mass is 259 g/mol. The molecular formula is C9H14BrN3O. The van der Waals surface area contributed by atoms with Crippen LogP contribution < -0.4 is 0 Å². The Labute approximate surface area is 92.0 Å². The maximum atomic E-state index is 5.14. The quantitative estimate of drug-likeness (QED) is 0.799. The number of hydrogen-bond donors (Lipinski definition) is 0. The first-order chi connectivity index (χ1) is 6.74. The van der Waals surface area contributed by atoms with Gasteiger partial charge >= 0.3 is 0 Å². The van der Waals surface area contributed by atoms with Crippen molar-refractivity contribution in [2.75, 3.05) is 33.2 Å². The standard InChI is InChI=1S/C9H14BrN3O/c1-12-2-4-13(5-3-12)7-8-6-9(10)11-14-8/h6H,2-5,7H2,1H3. The predicted octanol–water partition coefficient (Wildman–Crippen LogP) is 1.18. The molecule has 4 nitrogen and oxygen atoms in total. The Morgan fingerprint density at radius 2 is 2.14 bits per heavy atom. The van der Waals surface area contributed by atoms with E-state index < -0.39 is 0 Å². The third-order valence-corrected chi connectivity index (χ3v) is 2.88. The van der Waals surface area contributed by atoms with Crippen LogP contribution >= 0.6 is 15.9 Å². The summed E-state index contributed by atoms with van der Waals surface area (Å²) in [6.07, 6.45) is 0. The third-order valence-electron chi connectivity index (χ3n) is 2.51. The molecule has 0 saturated carbocycles. The van der Waals surface area contributed by atoms with E-state index in [1.807, 2.05) is 6.07 Å². The molecule has 14 heavy (non-hydrogen) atoms. The van der Waals surface area contributed by atoms with E-state index in [1.54, 1.807) is 0 Å². The van der Waals surface area contributed by atoms with Crippen LogP contribution in [-0.2, 0) is 6.54 Å². The fourth-order valence-corrected chi connectivity index (χ4v) is 1.92. The first kappa shape index (κ1) is 10.1. The minimum absolute atomic E-state index is 0.779. The van der Waals surface area contributed by atoms with Crippen molar-refractivity contribution in [1.29, 1.82) is 0 Å². The molecule has 0 bridgehead atoms. The number of piperazine rings is 1. The molecule has 0 amide bonds. The lowest BCUT2D eigenvalue weighted by atomic mass is 10.3. The van der Waals surface area contributed by atoms with Crippen LogP contribution in [0.15, 0.2) is 15.2 Å². The van der Waals surface area contributed by atoms with E-state index in [4.69, 9.17) is 4.52 Å². The smallest absolute Gasteiger partial charge is 0.151 e. The van der Waals surface area contributed by atoms with Crippen molar-refractivity contribution in [2.24, 2.45) is 0 Å². The van der Waals surface area contributed by atoms with Gasteiger partial charge in [-0.05, 0) is 23.0 Å². The first-order valence-electron chi connectivity index (χ1n) is 4.76. The van der Waals surface area contributed by atoms with Gasteiger partial charge < -0.3 is 9.42 Å². The molecule has 2 rings (SSSR count). The summed E-state index contributed by atoms with van der Waals surface area (Å²) in [7, 11) is 2.16. The number of likely N-dealkylation sites (N-methyl/N-ethyl adjacent to an activating group) is 1. The van der Waals surface area contributed by atoms with Crippen LogP contribution in [0.1, 0.15) is 5.76 Å². The van der Waals surface area contributed by atoms with Gasteiger partial charge in [-0.1, -0.05) is 5.16 Å². The molecule has 0 unspecified atom stereocenters. The molecule has 0 aliphatic carbocycles. The zero-order chi connectivity index (χ0) is 9.97. The summed E-state index contributed by atoms with van der Waals surface area (Å²) in [5.74, 6) is 0.932. The van der Waals surface area contributed by atoms with Crippen molar-refractivity contribution in [2.45, 2.75) is 6.54 Å². The molecule has 1 aliphatic rings. The average molecular weight is 260 g/mol. The van der Waals surface area contributed by atoms with E-state index in [2.05, 4.69) is 37.9 Å². The number of hydrogen-bond acceptors (Lipinski definition) is 4. The Bertz CT molecular complexity index is 294. The number of aromatic nitrogens is 1. The van der Waals surface area contributed by atoms with Gasteiger partial charge in [-0.15, -0.1) is 0 Å². The molecule has 1 aromatic rings. The van der Waals surface area contributed by atoms with Crippen molar-refractivity contribution < 1.29 is 4.52 Å². The molecule has 1 fully saturated rings. The number of rotatable bonds is 2. The average Bonchev–Trinajstić information content (AvgIpc) is 2.56. The maximum absolute atomic E-state index is 5.14. The Morgan fingerprint density at radius 1 is 1.43 bits per heavy atom. The second-order valence-corrected chi connectivity index (χ2v) is 4.51. The summed E-state index contributed by atoms with van der Waals surface area (Å²) in [4.78, 5) is 4.72. The normalized spacial score (nSPS) is 20.1. The van der Waals surface area contributed by atoms with Crippen molar-refractivity contribution in [3.8, 4) is 0 Å². The number of halogens is 1. The molecule has 1 aliphatic heterocycles. The van der Waals surface area contributed by atoms with Crippen LogP contribution in [0.2, 0.25) is 0 Å². The second kappa shape index (κ2) is 4.42. The second-order valence-electron chi connectivity index (χ2n) is 3.70. The zero-order valence-electron chi connectivity index (χ0n) is 8.24. The van der Waals surface area contributed by atoms with Gasteiger partial charge in [-0.3, -0.25) is 4.90 Å². The lowest BCUT2D eigenvalue weighted by Gasteiger charge is -2.31. The summed E-state index contributed by atoms with van der Waals surface area (Å²) in [6.45, 7) is 5.35. The van der Waals surface area contributed by atoms with E-state index in [-0.39, 0.29) is 0 Å². The largest absolute Gasteiger partial charge is 0.359 e. The van der Waals surface area contributed by atoms with Crippen LogP contribution in [0.3, 0.4) is 0 Å². The van der Waals surface area contributed by atoms with E-state index in [0.717, 1.165) is 43.1 Å². The van der Waals surface area contributed by atoms with E-state index in [0.29, 0.717) is 0 Å². The molecule has 0 N–H and O–H groups in total. The van der Waals surface area contributed by atoms with Gasteiger partial charge in [0, 0.05) is 32.2 Å². The van der Waals surface area contributed by atoms with Crippen LogP contribution in [0.5, 0.6) is 0 Å². The van der Waals surface area contributed by atoms with Gasteiger partial charge in [0.15, 0.2) is 5.76 Å². The number of nitrogens with zero attached hydrogens (tertiary/aromatic N) is 3. The summed E-state index contributed by atoms with van der Waals surface area (Å²) in [5.41, 5.74) is 0. The van der Waals surface area contributed by atoms with Gasteiger partial charge in [0.2, 0.25) is 0 Å². The molecule has 5 heteroatoms. The molecule has 1 aromatic heterocycles. The van der Waals surface area contributed by atoms with E-state index in [9.17, 15) is 0 Å². The van der Waals surface area contributed by atoms with Crippen molar-refractivity contribution in [1.82, 2.24) is 15.0 Å². The topological polar surface area (TPSA) is 32.5 Å². The van der Waals surface area contributed by atoms with Crippen LogP contribution in [0, 0.1) is 0 Å². The van der Waals surface area contributed by atoms with Gasteiger partial charge in [0.05, 0.1) is 6.54 Å². The van der Waals surface area contributed by atoms with Gasteiger partial charge in [0.1, 0.15) is 4.60 Å². The van der Waals surface area contributed by atoms with Crippen LogP contribution in [0.4, 0.5) is 0 Å².